The molecule has 4 rings (SSSR count). The topological polar surface area (TPSA) is 97.1 Å². The molecule has 25 heavy (non-hydrogen) atoms. The van der Waals surface area contributed by atoms with Gasteiger partial charge in [-0.15, -0.1) is 0 Å². The minimum absolute atomic E-state index is 0.126. The van der Waals surface area contributed by atoms with Crippen LogP contribution in [0.5, 0.6) is 0 Å². The van der Waals surface area contributed by atoms with Crippen molar-refractivity contribution in [2.45, 2.75) is 13.0 Å². The van der Waals surface area contributed by atoms with E-state index >= 15 is 0 Å². The maximum atomic E-state index is 12.9. The molecule has 1 fully saturated rings. The third-order valence-corrected chi connectivity index (χ3v) is 4.21. The van der Waals surface area contributed by atoms with Gasteiger partial charge in [0.2, 0.25) is 5.82 Å². The van der Waals surface area contributed by atoms with Crippen LogP contribution in [0.2, 0.25) is 0 Å². The largest absolute Gasteiger partial charge is 0.377 e. The maximum Gasteiger partial charge on any atom is 0.258 e. The van der Waals surface area contributed by atoms with Crippen LogP contribution < -0.4 is 0 Å². The molecule has 3 heterocycles. The molecular weight excluding hydrogens is 322 g/mol. The summed E-state index contributed by atoms with van der Waals surface area (Å²) in [5.41, 5.74) is 2.12. The predicted octanol–water partition coefficient (Wildman–Crippen LogP) is 1.98. The summed E-state index contributed by atoms with van der Waals surface area (Å²) in [6.45, 7) is 3.06. The number of benzene rings is 1. The fraction of sp³-hybridized carbons (Fsp3) is 0.294. The van der Waals surface area contributed by atoms with Crippen LogP contribution in [0.15, 0.2) is 41.1 Å². The maximum absolute atomic E-state index is 12.9. The average Bonchev–Trinajstić information content (AvgIpc) is 3.31. The highest BCUT2D eigenvalue weighted by Crippen LogP contribution is 2.27. The van der Waals surface area contributed by atoms with Gasteiger partial charge < -0.3 is 14.2 Å². The number of aromatic amines is 1. The Morgan fingerprint density at radius 2 is 2.16 bits per heavy atom. The molecule has 0 bridgehead atoms. The summed E-state index contributed by atoms with van der Waals surface area (Å²) in [4.78, 5) is 19.0. The molecular formula is C17H17N5O3. The lowest BCUT2D eigenvalue weighted by atomic mass is 10.1. The molecule has 8 heteroatoms. The molecule has 1 aliphatic heterocycles. The van der Waals surface area contributed by atoms with Crippen LogP contribution in [0, 0.1) is 6.92 Å². The van der Waals surface area contributed by atoms with Crippen LogP contribution in [0.1, 0.15) is 28.0 Å². The van der Waals surface area contributed by atoms with Crippen LogP contribution in [0.3, 0.4) is 0 Å². The molecule has 0 saturated carbocycles. The molecule has 0 aliphatic carbocycles. The molecule has 0 unspecified atom stereocenters. The minimum atomic E-state index is -0.416. The highest BCUT2D eigenvalue weighted by atomic mass is 16.5. The summed E-state index contributed by atoms with van der Waals surface area (Å²) in [5.74, 6) is 0.736. The molecule has 1 N–H and O–H groups in total. The van der Waals surface area contributed by atoms with Crippen LogP contribution >= 0.6 is 0 Å². The lowest BCUT2D eigenvalue weighted by Gasteiger charge is -2.33. The van der Waals surface area contributed by atoms with Gasteiger partial charge in [-0.3, -0.25) is 9.89 Å². The van der Waals surface area contributed by atoms with Gasteiger partial charge in [0.1, 0.15) is 6.04 Å². The van der Waals surface area contributed by atoms with Crippen LogP contribution in [0.25, 0.3) is 11.4 Å². The van der Waals surface area contributed by atoms with E-state index in [0.29, 0.717) is 37.0 Å². The van der Waals surface area contributed by atoms with Crippen molar-refractivity contribution >= 4 is 5.91 Å². The third-order valence-electron chi connectivity index (χ3n) is 4.21. The van der Waals surface area contributed by atoms with E-state index in [9.17, 15) is 4.79 Å². The Morgan fingerprint density at radius 3 is 2.92 bits per heavy atom. The highest BCUT2D eigenvalue weighted by Gasteiger charge is 2.34. The number of hydrogen-bond donors (Lipinski definition) is 1. The number of rotatable bonds is 3. The molecule has 1 atom stereocenters. The normalized spacial score (nSPS) is 17.6. The van der Waals surface area contributed by atoms with Gasteiger partial charge in [-0.05, 0) is 6.92 Å². The first-order valence-electron chi connectivity index (χ1n) is 8.02. The molecule has 1 aromatic carbocycles. The quantitative estimate of drug-likeness (QED) is 0.784. The Balaban J connectivity index is 1.63. The first-order valence-corrected chi connectivity index (χ1v) is 8.02. The summed E-state index contributed by atoms with van der Waals surface area (Å²) < 4.78 is 11.0. The van der Waals surface area contributed by atoms with Gasteiger partial charge in [0.05, 0.1) is 25.0 Å². The van der Waals surface area contributed by atoms with E-state index in [1.165, 1.54) is 6.20 Å². The zero-order chi connectivity index (χ0) is 17.2. The summed E-state index contributed by atoms with van der Waals surface area (Å²) in [6.07, 6.45) is 1.54. The first-order chi connectivity index (χ1) is 12.2. The predicted molar refractivity (Wildman–Crippen MR) is 87.7 cm³/mol. The monoisotopic (exact) mass is 339 g/mol. The second-order valence-corrected chi connectivity index (χ2v) is 5.82. The Morgan fingerprint density at radius 1 is 1.32 bits per heavy atom. The first kappa shape index (κ1) is 15.5. The number of nitrogens with zero attached hydrogens (tertiary/aromatic N) is 4. The fourth-order valence-corrected chi connectivity index (χ4v) is 2.85. The molecule has 1 saturated heterocycles. The van der Waals surface area contributed by atoms with Gasteiger partial charge in [-0.2, -0.15) is 10.1 Å². The number of nitrogens with one attached hydrogen (secondary N) is 1. The number of morpholine rings is 1. The smallest absolute Gasteiger partial charge is 0.258 e. The van der Waals surface area contributed by atoms with E-state index in [2.05, 4.69) is 20.3 Å². The third kappa shape index (κ3) is 2.91. The number of carbonyl (C=O) groups is 1. The van der Waals surface area contributed by atoms with Gasteiger partial charge in [-0.1, -0.05) is 35.5 Å². The van der Waals surface area contributed by atoms with Crippen LogP contribution in [-0.2, 0) is 4.74 Å². The number of aryl methyl sites for hydroxylation is 1. The second-order valence-electron chi connectivity index (χ2n) is 5.82. The van der Waals surface area contributed by atoms with Crippen molar-refractivity contribution in [3.63, 3.8) is 0 Å². The lowest BCUT2D eigenvalue weighted by molar-refractivity contribution is -0.0119. The van der Waals surface area contributed by atoms with Gasteiger partial charge in [0, 0.05) is 17.8 Å². The summed E-state index contributed by atoms with van der Waals surface area (Å²) in [6, 6.07) is 9.14. The Hall–Kier alpha value is -3.00. The number of H-pyrrole nitrogens is 1. The van der Waals surface area contributed by atoms with Crippen molar-refractivity contribution in [2.75, 3.05) is 19.8 Å². The van der Waals surface area contributed by atoms with Gasteiger partial charge in [0.25, 0.3) is 11.8 Å². The van der Waals surface area contributed by atoms with E-state index in [1.807, 2.05) is 37.3 Å². The number of ether oxygens (including phenoxy) is 1. The van der Waals surface area contributed by atoms with Gasteiger partial charge >= 0.3 is 0 Å². The molecule has 2 aromatic heterocycles. The summed E-state index contributed by atoms with van der Waals surface area (Å²) in [7, 11) is 0. The van der Waals surface area contributed by atoms with E-state index in [1.54, 1.807) is 4.90 Å². The molecule has 0 spiro atoms. The number of amides is 1. The number of carbonyl (C=O) groups excluding carboxylic acids is 1. The Labute approximate surface area is 143 Å². The molecule has 0 radical (unpaired) electrons. The zero-order valence-corrected chi connectivity index (χ0v) is 13.7. The Bertz CT molecular complexity index is 873. The fourth-order valence-electron chi connectivity index (χ4n) is 2.85. The molecule has 8 nitrogen and oxygen atoms in total. The van der Waals surface area contributed by atoms with Gasteiger partial charge in [0.15, 0.2) is 0 Å². The SMILES string of the molecule is Cc1[nH]ncc1C(=O)N1CCOC[C@H]1c1nc(-c2ccccc2)no1. The standard InChI is InChI=1S/C17H17N5O3/c1-11-13(9-18-20-11)17(23)22-7-8-24-10-14(22)16-19-15(21-25-16)12-5-3-2-4-6-12/h2-6,9,14H,7-8,10H2,1H3,(H,18,20)/t14-/m0/s1. The van der Waals surface area contributed by atoms with Crippen molar-refractivity contribution in [3.8, 4) is 11.4 Å². The van der Waals surface area contributed by atoms with Crippen LogP contribution in [-0.4, -0.2) is 50.9 Å². The van der Waals surface area contributed by atoms with Crippen molar-refractivity contribution in [2.24, 2.45) is 0 Å². The lowest BCUT2D eigenvalue weighted by Crippen LogP contribution is -2.43. The van der Waals surface area contributed by atoms with E-state index in [-0.39, 0.29) is 5.91 Å². The minimum Gasteiger partial charge on any atom is -0.377 e. The van der Waals surface area contributed by atoms with Crippen LogP contribution in [0.4, 0.5) is 0 Å². The zero-order valence-electron chi connectivity index (χ0n) is 13.7. The number of hydrogen-bond acceptors (Lipinski definition) is 6. The van der Waals surface area contributed by atoms with E-state index in [4.69, 9.17) is 9.26 Å². The molecule has 1 aliphatic rings. The van der Waals surface area contributed by atoms with E-state index in [0.717, 1.165) is 11.3 Å². The highest BCUT2D eigenvalue weighted by molar-refractivity contribution is 5.95. The van der Waals surface area contributed by atoms with E-state index < -0.39 is 6.04 Å². The average molecular weight is 339 g/mol. The summed E-state index contributed by atoms with van der Waals surface area (Å²) in [5, 5.41) is 10.8. The molecule has 3 aromatic rings. The second kappa shape index (κ2) is 6.48. The van der Waals surface area contributed by atoms with Crippen molar-refractivity contribution in [1.29, 1.82) is 0 Å². The number of aromatic nitrogens is 4. The molecule has 1 amide bonds. The molecule has 128 valence electrons. The van der Waals surface area contributed by atoms with Crippen molar-refractivity contribution in [1.82, 2.24) is 25.2 Å². The Kier molecular flexibility index (Phi) is 4.02. The van der Waals surface area contributed by atoms with Crippen molar-refractivity contribution in [3.05, 3.63) is 53.7 Å². The van der Waals surface area contributed by atoms with Gasteiger partial charge in [-0.25, -0.2) is 0 Å². The summed E-state index contributed by atoms with van der Waals surface area (Å²) >= 11 is 0. The van der Waals surface area contributed by atoms with Crippen molar-refractivity contribution < 1.29 is 14.1 Å².